The van der Waals surface area contributed by atoms with E-state index in [0.717, 1.165) is 45.1 Å². The average molecular weight is 365 g/mol. The van der Waals surface area contributed by atoms with E-state index in [9.17, 15) is 4.79 Å². The Kier molecular flexibility index (Phi) is 7.05. The highest BCUT2D eigenvalue weighted by Gasteiger charge is 2.27. The predicted octanol–water partition coefficient (Wildman–Crippen LogP) is 4.55. The van der Waals surface area contributed by atoms with Gasteiger partial charge in [-0.1, -0.05) is 75.2 Å². The molecule has 0 spiro atoms. The fourth-order valence-corrected chi connectivity index (χ4v) is 3.99. The van der Waals surface area contributed by atoms with Crippen molar-refractivity contribution in [3.8, 4) is 0 Å². The van der Waals surface area contributed by atoms with Crippen LogP contribution in [0, 0.1) is 0 Å². The number of carbonyl (C=O) groups is 1. The number of nitrogens with one attached hydrogen (secondary N) is 2. The van der Waals surface area contributed by atoms with Crippen LogP contribution >= 0.6 is 0 Å². The molecule has 1 aliphatic rings. The second kappa shape index (κ2) is 9.70. The highest BCUT2D eigenvalue weighted by Crippen LogP contribution is 2.33. The molecule has 0 saturated heterocycles. The first-order chi connectivity index (χ1) is 13.2. The van der Waals surface area contributed by atoms with Crippen LogP contribution in [0.3, 0.4) is 0 Å². The van der Waals surface area contributed by atoms with Crippen LogP contribution in [0.15, 0.2) is 48.5 Å². The normalized spacial score (nSPS) is 14.7. The van der Waals surface area contributed by atoms with Crippen molar-refractivity contribution >= 4 is 5.91 Å². The molecule has 0 aromatic heterocycles. The van der Waals surface area contributed by atoms with E-state index >= 15 is 0 Å². The minimum atomic E-state index is -0.170. The first-order valence-electron chi connectivity index (χ1n) is 10.4. The molecule has 0 unspecified atom stereocenters. The number of aryl methyl sites for hydroxylation is 2. The molecule has 3 heteroatoms. The summed E-state index contributed by atoms with van der Waals surface area (Å²) in [4.78, 5) is 12.8. The minimum absolute atomic E-state index is 0.0633. The van der Waals surface area contributed by atoms with Crippen LogP contribution in [0.25, 0.3) is 0 Å². The van der Waals surface area contributed by atoms with E-state index in [4.69, 9.17) is 0 Å². The SMILES string of the molecule is CCCCNC(=O)[C@H](CCC)NC1c2ccccc2CCc2ccccc21. The zero-order valence-electron chi connectivity index (χ0n) is 16.6. The van der Waals surface area contributed by atoms with Crippen LogP contribution in [0.1, 0.15) is 67.8 Å². The fourth-order valence-electron chi connectivity index (χ4n) is 3.99. The van der Waals surface area contributed by atoms with Gasteiger partial charge in [0, 0.05) is 6.54 Å². The Morgan fingerprint density at radius 2 is 1.56 bits per heavy atom. The fraction of sp³-hybridized carbons (Fsp3) is 0.458. The lowest BCUT2D eigenvalue weighted by Gasteiger charge is -2.27. The summed E-state index contributed by atoms with van der Waals surface area (Å²) in [5, 5.41) is 6.84. The molecule has 0 aliphatic heterocycles. The highest BCUT2D eigenvalue weighted by atomic mass is 16.2. The summed E-state index contributed by atoms with van der Waals surface area (Å²) < 4.78 is 0. The van der Waals surface area contributed by atoms with E-state index in [1.807, 2.05) is 0 Å². The number of rotatable bonds is 8. The number of hydrogen-bond acceptors (Lipinski definition) is 2. The maximum Gasteiger partial charge on any atom is 0.237 e. The predicted molar refractivity (Wildman–Crippen MR) is 112 cm³/mol. The van der Waals surface area contributed by atoms with Gasteiger partial charge in [0.05, 0.1) is 12.1 Å². The Balaban J connectivity index is 1.90. The van der Waals surface area contributed by atoms with Crippen LogP contribution in [0.4, 0.5) is 0 Å². The quantitative estimate of drug-likeness (QED) is 0.675. The Morgan fingerprint density at radius 3 is 2.11 bits per heavy atom. The number of unbranched alkanes of at least 4 members (excludes halogenated alkanes) is 1. The molecule has 27 heavy (non-hydrogen) atoms. The van der Waals surface area contributed by atoms with Crippen molar-refractivity contribution in [2.24, 2.45) is 0 Å². The molecule has 3 rings (SSSR count). The molecule has 144 valence electrons. The lowest BCUT2D eigenvalue weighted by Crippen LogP contribution is -2.46. The zero-order valence-corrected chi connectivity index (χ0v) is 16.6. The Bertz CT molecular complexity index is 708. The number of benzene rings is 2. The number of amides is 1. The molecule has 0 heterocycles. The summed E-state index contributed by atoms with van der Waals surface area (Å²) in [6.45, 7) is 5.05. The topological polar surface area (TPSA) is 41.1 Å². The van der Waals surface area contributed by atoms with Gasteiger partial charge < -0.3 is 5.32 Å². The third kappa shape index (κ3) is 4.78. The van der Waals surface area contributed by atoms with Gasteiger partial charge in [0.25, 0.3) is 0 Å². The van der Waals surface area contributed by atoms with Crippen molar-refractivity contribution < 1.29 is 4.79 Å². The summed E-state index contributed by atoms with van der Waals surface area (Å²) in [6.07, 6.45) is 6.04. The Hall–Kier alpha value is -2.13. The molecular formula is C24H32N2O. The van der Waals surface area contributed by atoms with E-state index in [-0.39, 0.29) is 18.0 Å². The van der Waals surface area contributed by atoms with E-state index < -0.39 is 0 Å². The van der Waals surface area contributed by atoms with Crippen LogP contribution in [-0.2, 0) is 17.6 Å². The second-order valence-electron chi connectivity index (χ2n) is 7.48. The van der Waals surface area contributed by atoms with E-state index in [2.05, 4.69) is 73.0 Å². The Morgan fingerprint density at radius 1 is 0.963 bits per heavy atom. The highest BCUT2D eigenvalue weighted by molar-refractivity contribution is 5.81. The average Bonchev–Trinajstić information content (AvgIpc) is 2.85. The van der Waals surface area contributed by atoms with Crippen LogP contribution in [0.2, 0.25) is 0 Å². The standard InChI is InChI=1S/C24H32N2O/c1-3-5-17-25-24(27)22(10-4-2)26-23-20-13-8-6-11-18(20)15-16-19-12-7-9-14-21(19)23/h6-9,11-14,22-23,26H,3-5,10,15-17H2,1-2H3,(H,25,27)/t22-/m0/s1. The van der Waals surface area contributed by atoms with Gasteiger partial charge in [0.2, 0.25) is 5.91 Å². The second-order valence-corrected chi connectivity index (χ2v) is 7.48. The molecule has 3 nitrogen and oxygen atoms in total. The molecule has 1 aliphatic carbocycles. The van der Waals surface area contributed by atoms with Crippen molar-refractivity contribution in [3.63, 3.8) is 0 Å². The number of hydrogen-bond donors (Lipinski definition) is 2. The van der Waals surface area contributed by atoms with Crippen LogP contribution < -0.4 is 10.6 Å². The molecule has 1 amide bonds. The van der Waals surface area contributed by atoms with E-state index in [1.54, 1.807) is 0 Å². The number of fused-ring (bicyclic) bond motifs is 2. The first-order valence-corrected chi connectivity index (χ1v) is 10.4. The molecular weight excluding hydrogens is 332 g/mol. The van der Waals surface area contributed by atoms with Gasteiger partial charge in [-0.3, -0.25) is 10.1 Å². The molecule has 2 N–H and O–H groups in total. The van der Waals surface area contributed by atoms with Crippen molar-refractivity contribution in [1.29, 1.82) is 0 Å². The summed E-state index contributed by atoms with van der Waals surface area (Å²) >= 11 is 0. The Labute approximate surface area is 163 Å². The third-order valence-electron chi connectivity index (χ3n) is 5.49. The van der Waals surface area contributed by atoms with Crippen LogP contribution in [-0.4, -0.2) is 18.5 Å². The van der Waals surface area contributed by atoms with Gasteiger partial charge in [0.15, 0.2) is 0 Å². The molecule has 0 fully saturated rings. The lowest BCUT2D eigenvalue weighted by atomic mass is 9.93. The summed E-state index contributed by atoms with van der Waals surface area (Å²) in [5.74, 6) is 0.129. The maximum atomic E-state index is 12.8. The molecule has 0 bridgehead atoms. The van der Waals surface area contributed by atoms with Crippen molar-refractivity contribution in [2.45, 2.75) is 64.5 Å². The molecule has 1 atom stereocenters. The molecule has 2 aromatic carbocycles. The number of carbonyl (C=O) groups excluding carboxylic acids is 1. The molecule has 0 radical (unpaired) electrons. The zero-order chi connectivity index (χ0) is 19.1. The smallest absolute Gasteiger partial charge is 0.237 e. The van der Waals surface area contributed by atoms with E-state index in [0.29, 0.717) is 0 Å². The summed E-state index contributed by atoms with van der Waals surface area (Å²) in [7, 11) is 0. The van der Waals surface area contributed by atoms with Crippen molar-refractivity contribution in [3.05, 3.63) is 70.8 Å². The summed E-state index contributed by atoms with van der Waals surface area (Å²) in [6, 6.07) is 17.2. The lowest BCUT2D eigenvalue weighted by molar-refractivity contribution is -0.123. The van der Waals surface area contributed by atoms with Crippen molar-refractivity contribution in [1.82, 2.24) is 10.6 Å². The third-order valence-corrected chi connectivity index (χ3v) is 5.49. The van der Waals surface area contributed by atoms with Crippen LogP contribution in [0.5, 0.6) is 0 Å². The van der Waals surface area contributed by atoms with E-state index in [1.165, 1.54) is 22.3 Å². The van der Waals surface area contributed by atoms with Gasteiger partial charge in [-0.2, -0.15) is 0 Å². The minimum Gasteiger partial charge on any atom is -0.355 e. The van der Waals surface area contributed by atoms with Gasteiger partial charge in [-0.05, 0) is 47.9 Å². The van der Waals surface area contributed by atoms with Crippen molar-refractivity contribution in [2.75, 3.05) is 6.54 Å². The largest absolute Gasteiger partial charge is 0.355 e. The molecule has 2 aromatic rings. The maximum absolute atomic E-state index is 12.8. The van der Waals surface area contributed by atoms with Gasteiger partial charge in [-0.25, -0.2) is 0 Å². The summed E-state index contributed by atoms with van der Waals surface area (Å²) in [5.41, 5.74) is 5.38. The van der Waals surface area contributed by atoms with Gasteiger partial charge >= 0.3 is 0 Å². The van der Waals surface area contributed by atoms with Gasteiger partial charge in [-0.15, -0.1) is 0 Å². The monoisotopic (exact) mass is 364 g/mol. The first kappa shape index (κ1) is 19.6. The molecule has 0 saturated carbocycles. The van der Waals surface area contributed by atoms with Gasteiger partial charge in [0.1, 0.15) is 0 Å².